The fourth-order valence-corrected chi connectivity index (χ4v) is 1.47. The first-order valence-corrected chi connectivity index (χ1v) is 5.81. The van der Waals surface area contributed by atoms with Crippen molar-refractivity contribution in [1.29, 1.82) is 0 Å². The molecule has 8 nitrogen and oxygen atoms in total. The highest BCUT2D eigenvalue weighted by atomic mass is 16.6. The first kappa shape index (κ1) is 15.4. The molecule has 0 aliphatic rings. The van der Waals surface area contributed by atoms with Crippen molar-refractivity contribution in [2.75, 3.05) is 5.73 Å². The normalized spacial score (nSPS) is 13.3. The number of hydrogen-bond donors (Lipinski definition) is 3. The molecule has 20 heavy (non-hydrogen) atoms. The van der Waals surface area contributed by atoms with E-state index < -0.39 is 28.8 Å². The molecule has 1 rings (SSSR count). The van der Waals surface area contributed by atoms with Crippen LogP contribution in [0.25, 0.3) is 0 Å². The summed E-state index contributed by atoms with van der Waals surface area (Å²) in [4.78, 5) is 32.7. The lowest BCUT2D eigenvalue weighted by molar-refractivity contribution is -0.383. The highest BCUT2D eigenvalue weighted by Gasteiger charge is 2.22. The van der Waals surface area contributed by atoms with E-state index in [1.54, 1.807) is 6.92 Å². The number of nitrogens with two attached hydrogens (primary N) is 1. The first-order chi connectivity index (χ1) is 9.23. The molecule has 1 aromatic carbocycles. The summed E-state index contributed by atoms with van der Waals surface area (Å²) in [5, 5.41) is 22.0. The van der Waals surface area contributed by atoms with Crippen LogP contribution in [0.4, 0.5) is 11.4 Å². The van der Waals surface area contributed by atoms with E-state index in [2.05, 4.69) is 5.32 Å². The Balaban J connectivity index is 2.91. The molecular weight excluding hydrogens is 266 g/mol. The van der Waals surface area contributed by atoms with Crippen LogP contribution in [0.3, 0.4) is 0 Å². The lowest BCUT2D eigenvalue weighted by Crippen LogP contribution is -2.40. The van der Waals surface area contributed by atoms with E-state index in [0.29, 0.717) is 0 Å². The zero-order valence-corrected chi connectivity index (χ0v) is 11.0. The second-order valence-electron chi connectivity index (χ2n) is 4.42. The molecule has 0 aromatic heterocycles. The van der Waals surface area contributed by atoms with Crippen molar-refractivity contribution < 1.29 is 19.6 Å². The number of anilines is 1. The van der Waals surface area contributed by atoms with Crippen LogP contribution in [0.5, 0.6) is 0 Å². The van der Waals surface area contributed by atoms with Gasteiger partial charge in [-0.2, -0.15) is 0 Å². The lowest BCUT2D eigenvalue weighted by Gasteiger charge is -2.17. The summed E-state index contributed by atoms with van der Waals surface area (Å²) in [7, 11) is 0. The summed E-state index contributed by atoms with van der Waals surface area (Å²) >= 11 is 0. The zero-order chi connectivity index (χ0) is 15.4. The van der Waals surface area contributed by atoms with Crippen molar-refractivity contribution in [3.8, 4) is 0 Å². The van der Waals surface area contributed by atoms with Crippen LogP contribution in [-0.2, 0) is 4.79 Å². The number of nitrogen functional groups attached to an aromatic ring is 1. The van der Waals surface area contributed by atoms with Crippen LogP contribution >= 0.6 is 0 Å². The molecule has 0 spiro atoms. The van der Waals surface area contributed by atoms with Crippen LogP contribution in [0, 0.1) is 16.0 Å². The van der Waals surface area contributed by atoms with Gasteiger partial charge < -0.3 is 16.2 Å². The van der Waals surface area contributed by atoms with E-state index >= 15 is 0 Å². The van der Waals surface area contributed by atoms with Gasteiger partial charge in [0.25, 0.3) is 11.6 Å². The van der Waals surface area contributed by atoms with E-state index in [1.165, 1.54) is 19.1 Å². The highest BCUT2D eigenvalue weighted by Crippen LogP contribution is 2.22. The monoisotopic (exact) mass is 281 g/mol. The lowest BCUT2D eigenvalue weighted by atomic mass is 10.0. The maximum Gasteiger partial charge on any atom is 0.308 e. The van der Waals surface area contributed by atoms with Gasteiger partial charge in [0, 0.05) is 17.7 Å². The topological polar surface area (TPSA) is 136 Å². The van der Waals surface area contributed by atoms with Crippen molar-refractivity contribution in [2.24, 2.45) is 5.92 Å². The second kappa shape index (κ2) is 6.00. The minimum absolute atomic E-state index is 0.0431. The Morgan fingerprint density at radius 1 is 1.40 bits per heavy atom. The van der Waals surface area contributed by atoms with Gasteiger partial charge in [-0.1, -0.05) is 0 Å². The number of benzene rings is 1. The summed E-state index contributed by atoms with van der Waals surface area (Å²) in [6.45, 7) is 3.00. The molecule has 2 unspecified atom stereocenters. The van der Waals surface area contributed by atoms with Gasteiger partial charge in [-0.15, -0.1) is 0 Å². The van der Waals surface area contributed by atoms with Crippen molar-refractivity contribution in [3.63, 3.8) is 0 Å². The maximum absolute atomic E-state index is 11.9. The Kier molecular flexibility index (Phi) is 4.63. The molecule has 0 saturated heterocycles. The Morgan fingerprint density at radius 3 is 2.50 bits per heavy atom. The number of nitrogens with zero attached hydrogens (tertiary/aromatic N) is 1. The molecule has 0 radical (unpaired) electrons. The minimum atomic E-state index is -1.04. The van der Waals surface area contributed by atoms with E-state index in [9.17, 15) is 19.7 Å². The molecular formula is C12H15N3O5. The number of hydrogen-bond acceptors (Lipinski definition) is 5. The van der Waals surface area contributed by atoms with Gasteiger partial charge in [0.15, 0.2) is 0 Å². The van der Waals surface area contributed by atoms with Crippen LogP contribution in [-0.4, -0.2) is 27.9 Å². The first-order valence-electron chi connectivity index (χ1n) is 5.81. The average Bonchev–Trinajstić information content (AvgIpc) is 2.37. The number of carbonyl (C=O) groups excluding carboxylic acids is 1. The number of nitrogens with one attached hydrogen (secondary N) is 1. The largest absolute Gasteiger partial charge is 0.481 e. The molecule has 0 aliphatic heterocycles. The third-order valence-corrected chi connectivity index (χ3v) is 2.99. The number of aliphatic carboxylic acids is 1. The van der Waals surface area contributed by atoms with Gasteiger partial charge >= 0.3 is 5.97 Å². The summed E-state index contributed by atoms with van der Waals surface area (Å²) in [6, 6.07) is 3.05. The fourth-order valence-electron chi connectivity index (χ4n) is 1.47. The molecule has 8 heteroatoms. The number of carbonyl (C=O) groups is 2. The molecule has 2 atom stereocenters. The third kappa shape index (κ3) is 3.44. The van der Waals surface area contributed by atoms with Crippen molar-refractivity contribution in [1.82, 2.24) is 5.32 Å². The van der Waals surface area contributed by atoms with Crippen LogP contribution in [0.1, 0.15) is 24.2 Å². The van der Waals surface area contributed by atoms with Gasteiger partial charge in [0.05, 0.1) is 10.8 Å². The van der Waals surface area contributed by atoms with Crippen LogP contribution in [0.15, 0.2) is 18.2 Å². The van der Waals surface area contributed by atoms with Crippen molar-refractivity contribution >= 4 is 23.3 Å². The van der Waals surface area contributed by atoms with Gasteiger partial charge in [0.1, 0.15) is 5.69 Å². The Bertz CT molecular complexity index is 558. The fraction of sp³-hybridized carbons (Fsp3) is 0.333. The molecule has 4 N–H and O–H groups in total. The Labute approximate surface area is 114 Å². The Hall–Kier alpha value is -2.64. The average molecular weight is 281 g/mol. The minimum Gasteiger partial charge on any atom is -0.481 e. The maximum atomic E-state index is 11.9. The number of carboxylic acid groups (broad SMARTS) is 1. The number of nitro groups is 1. The summed E-state index contributed by atoms with van der Waals surface area (Å²) in [6.07, 6.45) is 0. The molecule has 1 amide bonds. The molecule has 1 aromatic rings. The highest BCUT2D eigenvalue weighted by molar-refractivity contribution is 5.96. The standard InChI is InChI=1S/C12H15N3O5/c1-6(12(17)18)7(2)14-11(16)8-3-4-9(13)10(5-8)15(19)20/h3-7H,13H2,1-2H3,(H,14,16)(H,17,18). The van der Waals surface area contributed by atoms with Gasteiger partial charge in [0.2, 0.25) is 0 Å². The summed E-state index contributed by atoms with van der Waals surface area (Å²) in [5.41, 5.74) is 5.07. The predicted molar refractivity (Wildman–Crippen MR) is 71.2 cm³/mol. The number of amides is 1. The molecule has 0 aliphatic carbocycles. The number of nitro benzene ring substituents is 1. The number of carboxylic acids is 1. The summed E-state index contributed by atoms with van der Waals surface area (Å²) in [5.74, 6) is -2.41. The number of rotatable bonds is 5. The van der Waals surface area contributed by atoms with Crippen molar-refractivity contribution in [3.05, 3.63) is 33.9 Å². The van der Waals surface area contributed by atoms with E-state index in [4.69, 9.17) is 10.8 Å². The van der Waals surface area contributed by atoms with E-state index in [0.717, 1.165) is 6.07 Å². The van der Waals surface area contributed by atoms with Crippen molar-refractivity contribution in [2.45, 2.75) is 19.9 Å². The van der Waals surface area contributed by atoms with Gasteiger partial charge in [-0.3, -0.25) is 19.7 Å². The Morgan fingerprint density at radius 2 is 2.00 bits per heavy atom. The predicted octanol–water partition coefficient (Wildman–Crippen LogP) is 1.02. The van der Waals surface area contributed by atoms with E-state index in [1.807, 2.05) is 0 Å². The summed E-state index contributed by atoms with van der Waals surface area (Å²) < 4.78 is 0. The van der Waals surface area contributed by atoms with E-state index in [-0.39, 0.29) is 16.9 Å². The zero-order valence-electron chi connectivity index (χ0n) is 11.0. The van der Waals surface area contributed by atoms with Crippen LogP contribution in [0.2, 0.25) is 0 Å². The van der Waals surface area contributed by atoms with Crippen LogP contribution < -0.4 is 11.1 Å². The molecule has 0 bridgehead atoms. The van der Waals surface area contributed by atoms with Gasteiger partial charge in [-0.05, 0) is 26.0 Å². The SMILES string of the molecule is CC(NC(=O)c1ccc(N)c([N+](=O)[O-])c1)C(C)C(=O)O. The molecule has 108 valence electrons. The quantitative estimate of drug-likeness (QED) is 0.418. The molecule has 0 fully saturated rings. The van der Waals surface area contributed by atoms with Gasteiger partial charge in [-0.25, -0.2) is 0 Å². The third-order valence-electron chi connectivity index (χ3n) is 2.99. The molecule has 0 saturated carbocycles. The smallest absolute Gasteiger partial charge is 0.308 e. The molecule has 0 heterocycles. The second-order valence-corrected chi connectivity index (χ2v) is 4.42.